The highest BCUT2D eigenvalue weighted by Crippen LogP contribution is 2.32. The van der Waals surface area contributed by atoms with Crippen molar-refractivity contribution in [2.45, 2.75) is 51.7 Å². The SMILES string of the molecule is CCCCOC(=O)[C@H](C)OC(=O)C(C/C=C1\CCN(c2ccccc2)C1=O)Nc1cc(Cl)cc(Cl)c1I. The van der Waals surface area contributed by atoms with Crippen LogP contribution in [-0.2, 0) is 23.9 Å². The number of hydrogen-bond donors (Lipinski definition) is 1. The molecule has 0 saturated carbocycles. The predicted molar refractivity (Wildman–Crippen MR) is 154 cm³/mol. The van der Waals surface area contributed by atoms with Gasteiger partial charge in [-0.25, -0.2) is 9.59 Å². The van der Waals surface area contributed by atoms with Crippen LogP contribution >= 0.6 is 45.8 Å². The van der Waals surface area contributed by atoms with E-state index in [-0.39, 0.29) is 18.9 Å². The van der Waals surface area contributed by atoms with Crippen LogP contribution in [0.1, 0.15) is 39.5 Å². The Morgan fingerprint density at radius 1 is 1.19 bits per heavy atom. The molecule has 1 amide bonds. The molecule has 198 valence electrons. The molecular weight excluding hydrogens is 630 g/mol. The Morgan fingerprint density at radius 2 is 1.92 bits per heavy atom. The zero-order chi connectivity index (χ0) is 26.9. The largest absolute Gasteiger partial charge is 0.463 e. The van der Waals surface area contributed by atoms with E-state index in [1.54, 1.807) is 23.1 Å². The Balaban J connectivity index is 1.77. The van der Waals surface area contributed by atoms with Crippen molar-refractivity contribution in [1.29, 1.82) is 0 Å². The number of unbranched alkanes of at least 4 members (excludes halogenated alkanes) is 1. The molecule has 1 saturated heterocycles. The van der Waals surface area contributed by atoms with E-state index in [1.807, 2.05) is 37.3 Å². The molecule has 10 heteroatoms. The molecule has 0 radical (unpaired) electrons. The Labute approximate surface area is 240 Å². The maximum atomic E-state index is 13.2. The van der Waals surface area contributed by atoms with E-state index in [1.165, 1.54) is 6.92 Å². The minimum absolute atomic E-state index is 0.105. The van der Waals surface area contributed by atoms with Crippen LogP contribution in [0.4, 0.5) is 11.4 Å². The highest BCUT2D eigenvalue weighted by molar-refractivity contribution is 14.1. The number of nitrogens with zero attached hydrogens (tertiary/aromatic N) is 1. The number of esters is 2. The normalized spacial score (nSPS) is 16.0. The minimum Gasteiger partial charge on any atom is -0.463 e. The first-order valence-corrected chi connectivity index (χ1v) is 13.9. The summed E-state index contributed by atoms with van der Waals surface area (Å²) in [5, 5.41) is 3.96. The second kappa shape index (κ2) is 14.0. The molecule has 0 aromatic heterocycles. The van der Waals surface area contributed by atoms with E-state index < -0.39 is 24.1 Å². The van der Waals surface area contributed by atoms with Crippen LogP contribution in [-0.4, -0.2) is 43.1 Å². The monoisotopic (exact) mass is 658 g/mol. The second-order valence-corrected chi connectivity index (χ2v) is 10.5. The van der Waals surface area contributed by atoms with Crippen molar-refractivity contribution in [2.24, 2.45) is 0 Å². The molecule has 1 aliphatic heterocycles. The third-order valence-corrected chi connectivity index (χ3v) is 7.76. The summed E-state index contributed by atoms with van der Waals surface area (Å²) >= 11 is 14.5. The van der Waals surface area contributed by atoms with Crippen LogP contribution in [0.2, 0.25) is 10.0 Å². The van der Waals surface area contributed by atoms with Crippen molar-refractivity contribution in [3.63, 3.8) is 0 Å². The van der Waals surface area contributed by atoms with Crippen LogP contribution in [0, 0.1) is 3.57 Å². The third-order valence-electron chi connectivity index (χ3n) is 5.77. The van der Waals surface area contributed by atoms with Crippen molar-refractivity contribution in [3.05, 3.63) is 67.7 Å². The van der Waals surface area contributed by atoms with E-state index >= 15 is 0 Å². The van der Waals surface area contributed by atoms with Gasteiger partial charge < -0.3 is 19.7 Å². The lowest BCUT2D eigenvalue weighted by molar-refractivity contribution is -0.167. The summed E-state index contributed by atoms with van der Waals surface area (Å²) in [5.41, 5.74) is 1.97. The summed E-state index contributed by atoms with van der Waals surface area (Å²) < 4.78 is 11.3. The lowest BCUT2D eigenvalue weighted by Gasteiger charge is -2.21. The molecule has 0 aliphatic carbocycles. The van der Waals surface area contributed by atoms with Crippen LogP contribution in [0.15, 0.2) is 54.1 Å². The molecule has 1 N–H and O–H groups in total. The minimum atomic E-state index is -1.08. The topological polar surface area (TPSA) is 84.9 Å². The lowest BCUT2D eigenvalue weighted by Crippen LogP contribution is -2.36. The van der Waals surface area contributed by atoms with Crippen LogP contribution < -0.4 is 10.2 Å². The van der Waals surface area contributed by atoms with Crippen molar-refractivity contribution < 1.29 is 23.9 Å². The fourth-order valence-corrected chi connectivity index (χ4v) is 4.68. The number of amides is 1. The van der Waals surface area contributed by atoms with E-state index in [9.17, 15) is 14.4 Å². The van der Waals surface area contributed by atoms with Crippen molar-refractivity contribution >= 4 is 75.0 Å². The van der Waals surface area contributed by atoms with Gasteiger partial charge in [0.1, 0.15) is 6.04 Å². The van der Waals surface area contributed by atoms with E-state index in [0.29, 0.717) is 37.8 Å². The molecule has 1 unspecified atom stereocenters. The maximum Gasteiger partial charge on any atom is 0.347 e. The first-order chi connectivity index (χ1) is 17.7. The fourth-order valence-electron chi connectivity index (χ4n) is 3.72. The molecule has 1 fully saturated rings. The molecule has 1 aliphatic rings. The molecule has 2 atom stereocenters. The number of rotatable bonds is 11. The van der Waals surface area contributed by atoms with E-state index in [2.05, 4.69) is 27.9 Å². The smallest absolute Gasteiger partial charge is 0.347 e. The van der Waals surface area contributed by atoms with Gasteiger partial charge >= 0.3 is 11.9 Å². The Hall–Kier alpha value is -2.30. The number of anilines is 2. The summed E-state index contributed by atoms with van der Waals surface area (Å²) in [7, 11) is 0. The van der Waals surface area contributed by atoms with Gasteiger partial charge in [0.25, 0.3) is 5.91 Å². The zero-order valence-electron chi connectivity index (χ0n) is 20.6. The summed E-state index contributed by atoms with van der Waals surface area (Å²) in [6.07, 6.45) is 2.98. The van der Waals surface area contributed by atoms with Gasteiger partial charge in [-0.2, -0.15) is 0 Å². The number of halogens is 3. The zero-order valence-corrected chi connectivity index (χ0v) is 24.3. The average molecular weight is 659 g/mol. The quantitative estimate of drug-likeness (QED) is 0.0988. The average Bonchev–Trinajstić information content (AvgIpc) is 3.25. The van der Waals surface area contributed by atoms with Crippen molar-refractivity contribution in [2.75, 3.05) is 23.4 Å². The number of nitrogens with one attached hydrogen (secondary N) is 1. The number of benzene rings is 2. The molecule has 2 aromatic carbocycles. The molecule has 3 rings (SSSR count). The number of hydrogen-bond acceptors (Lipinski definition) is 6. The summed E-state index contributed by atoms with van der Waals surface area (Å²) in [4.78, 5) is 40.1. The highest BCUT2D eigenvalue weighted by Gasteiger charge is 2.30. The van der Waals surface area contributed by atoms with Gasteiger partial charge in [-0.05, 0) is 73.0 Å². The highest BCUT2D eigenvalue weighted by atomic mass is 127. The first-order valence-electron chi connectivity index (χ1n) is 12.0. The van der Waals surface area contributed by atoms with E-state index in [0.717, 1.165) is 18.5 Å². The predicted octanol–water partition coefficient (Wildman–Crippen LogP) is 6.41. The number of ether oxygens (including phenoxy) is 2. The van der Waals surface area contributed by atoms with Gasteiger partial charge in [0.2, 0.25) is 0 Å². The number of para-hydroxylation sites is 1. The molecule has 2 aromatic rings. The lowest BCUT2D eigenvalue weighted by atomic mass is 10.1. The second-order valence-electron chi connectivity index (χ2n) is 8.55. The maximum absolute atomic E-state index is 13.2. The summed E-state index contributed by atoms with van der Waals surface area (Å²) in [6, 6.07) is 11.8. The fraction of sp³-hybridized carbons (Fsp3) is 0.370. The van der Waals surface area contributed by atoms with E-state index in [4.69, 9.17) is 32.7 Å². The number of carbonyl (C=O) groups excluding carboxylic acids is 3. The summed E-state index contributed by atoms with van der Waals surface area (Å²) in [5.74, 6) is -1.37. The molecule has 1 heterocycles. The van der Waals surface area contributed by atoms with Crippen molar-refractivity contribution in [3.8, 4) is 0 Å². The van der Waals surface area contributed by atoms with Crippen LogP contribution in [0.25, 0.3) is 0 Å². The molecule has 37 heavy (non-hydrogen) atoms. The Morgan fingerprint density at radius 3 is 2.62 bits per heavy atom. The molecule has 0 spiro atoms. The number of carbonyl (C=O) groups is 3. The Bertz CT molecular complexity index is 1160. The van der Waals surface area contributed by atoms with Crippen LogP contribution in [0.3, 0.4) is 0 Å². The molecule has 7 nitrogen and oxygen atoms in total. The Kier molecular flexibility index (Phi) is 11.1. The van der Waals surface area contributed by atoms with Gasteiger partial charge in [0, 0.05) is 22.8 Å². The molecular formula is C27H29Cl2IN2O5. The third kappa shape index (κ3) is 8.09. The van der Waals surface area contributed by atoms with Crippen molar-refractivity contribution in [1.82, 2.24) is 0 Å². The standard InChI is InChI=1S/C27H29Cl2IN2O5/c1-3-4-14-36-26(34)17(2)37-27(35)22(31-23-16-19(28)15-21(29)24(23)30)11-10-18-12-13-32(25(18)33)20-8-6-5-7-9-20/h5-10,15-17,22,31H,3-4,11-14H2,1-2H3/b18-10+/t17-,22?/m0/s1. The molecule has 0 bridgehead atoms. The van der Waals surface area contributed by atoms with Gasteiger partial charge in [-0.1, -0.05) is 60.8 Å². The summed E-state index contributed by atoms with van der Waals surface area (Å²) in [6.45, 7) is 4.28. The van der Waals surface area contributed by atoms with Gasteiger partial charge in [0.05, 0.1) is 20.9 Å². The van der Waals surface area contributed by atoms with Gasteiger partial charge in [-0.3, -0.25) is 4.79 Å². The first kappa shape index (κ1) is 29.3. The van der Waals surface area contributed by atoms with Crippen LogP contribution in [0.5, 0.6) is 0 Å². The van der Waals surface area contributed by atoms with Gasteiger partial charge in [-0.15, -0.1) is 0 Å². The van der Waals surface area contributed by atoms with Gasteiger partial charge in [0.15, 0.2) is 6.10 Å².